The number of nitrogens with zero attached hydrogens (tertiary/aromatic N) is 2. The Morgan fingerprint density at radius 1 is 1.16 bits per heavy atom. The van der Waals surface area contributed by atoms with E-state index in [0.29, 0.717) is 39.1 Å². The normalized spacial score (nSPS) is 20.7. The number of rotatable bonds is 13. The Balaban J connectivity index is 1.62. The number of carbonyl (C=O) groups excluding carboxylic acids is 1. The molecule has 206 valence electrons. The smallest absolute Gasteiger partial charge is 0.308 e. The predicted octanol–water partition coefficient (Wildman–Crippen LogP) is 4.31. The molecule has 8 heteroatoms. The van der Waals surface area contributed by atoms with Crippen LogP contribution in [0.2, 0.25) is 0 Å². The Hall–Kier alpha value is -3.10. The first-order valence-corrected chi connectivity index (χ1v) is 13.7. The molecule has 1 saturated heterocycles. The second-order valence-corrected chi connectivity index (χ2v) is 10.1. The van der Waals surface area contributed by atoms with Gasteiger partial charge >= 0.3 is 5.97 Å². The van der Waals surface area contributed by atoms with Crippen LogP contribution in [0.3, 0.4) is 0 Å². The average Bonchev–Trinajstić information content (AvgIpc) is 3.54. The summed E-state index contributed by atoms with van der Waals surface area (Å²) in [5, 5.41) is 11.9. The van der Waals surface area contributed by atoms with Crippen molar-refractivity contribution in [1.29, 1.82) is 0 Å². The molecule has 0 aromatic heterocycles. The number of aliphatic carboxylic acids is 1. The zero-order valence-corrected chi connectivity index (χ0v) is 22.7. The maximum absolute atomic E-state index is 13.4. The van der Waals surface area contributed by atoms with Crippen LogP contribution in [0.25, 0.3) is 0 Å². The molecule has 38 heavy (non-hydrogen) atoms. The maximum atomic E-state index is 13.4. The van der Waals surface area contributed by atoms with Crippen LogP contribution >= 0.6 is 0 Å². The molecule has 2 aromatic carbocycles. The third-order valence-corrected chi connectivity index (χ3v) is 7.57. The van der Waals surface area contributed by atoms with Crippen molar-refractivity contribution < 1.29 is 29.0 Å². The standard InChI is InChI=1S/C30H40N2O6/c1-4-15-32(38-16-5-2)28(33)20-31-19-24(22-11-13-27-23(18-22)14-17-37-27)29(30(34)35)25(31)12-10-21-8-6-7-9-26(21)36-3/h6-9,11,13,18,24-25,29H,4-5,10,12,14-17,19-20H2,1-3H3,(H,34,35)/t24-,25+,29?/m1/s1. The van der Waals surface area contributed by atoms with Gasteiger partial charge in [0.15, 0.2) is 0 Å². The van der Waals surface area contributed by atoms with E-state index >= 15 is 0 Å². The van der Waals surface area contributed by atoms with Gasteiger partial charge in [0, 0.05) is 31.5 Å². The van der Waals surface area contributed by atoms with Crippen LogP contribution in [0.4, 0.5) is 0 Å². The van der Waals surface area contributed by atoms with Crippen LogP contribution in [0.1, 0.15) is 55.7 Å². The Morgan fingerprint density at radius 3 is 2.71 bits per heavy atom. The summed E-state index contributed by atoms with van der Waals surface area (Å²) >= 11 is 0. The third-order valence-electron chi connectivity index (χ3n) is 7.57. The van der Waals surface area contributed by atoms with E-state index in [4.69, 9.17) is 14.3 Å². The number of benzene rings is 2. The summed E-state index contributed by atoms with van der Waals surface area (Å²) in [6.07, 6.45) is 3.67. The minimum Gasteiger partial charge on any atom is -0.496 e. The lowest BCUT2D eigenvalue weighted by molar-refractivity contribution is -0.188. The van der Waals surface area contributed by atoms with Crippen molar-refractivity contribution in [2.45, 2.75) is 57.9 Å². The molecule has 8 nitrogen and oxygen atoms in total. The lowest BCUT2D eigenvalue weighted by atomic mass is 9.83. The molecular formula is C30H40N2O6. The fourth-order valence-electron chi connectivity index (χ4n) is 5.76. The first-order valence-electron chi connectivity index (χ1n) is 13.7. The Morgan fingerprint density at radius 2 is 1.97 bits per heavy atom. The van der Waals surface area contributed by atoms with Crippen LogP contribution in [0.15, 0.2) is 42.5 Å². The molecule has 2 aliphatic heterocycles. The van der Waals surface area contributed by atoms with Gasteiger partial charge in [-0.3, -0.25) is 19.3 Å². The summed E-state index contributed by atoms with van der Waals surface area (Å²) < 4.78 is 11.2. The molecule has 0 radical (unpaired) electrons. The van der Waals surface area contributed by atoms with Gasteiger partial charge < -0.3 is 14.6 Å². The fraction of sp³-hybridized carbons (Fsp3) is 0.533. The van der Waals surface area contributed by atoms with Crippen molar-refractivity contribution >= 4 is 11.9 Å². The molecule has 0 bridgehead atoms. The van der Waals surface area contributed by atoms with Crippen LogP contribution in [-0.2, 0) is 27.3 Å². The highest BCUT2D eigenvalue weighted by Crippen LogP contribution is 2.41. The minimum absolute atomic E-state index is 0.120. The van der Waals surface area contributed by atoms with Gasteiger partial charge in [0.1, 0.15) is 11.5 Å². The van der Waals surface area contributed by atoms with Gasteiger partial charge in [-0.2, -0.15) is 0 Å². The molecular weight excluding hydrogens is 484 g/mol. The number of fused-ring (bicyclic) bond motifs is 1. The van der Waals surface area contributed by atoms with Crippen LogP contribution in [-0.4, -0.2) is 72.9 Å². The number of ether oxygens (including phenoxy) is 2. The number of amides is 1. The monoisotopic (exact) mass is 524 g/mol. The molecule has 2 aromatic rings. The summed E-state index contributed by atoms with van der Waals surface area (Å²) in [6, 6.07) is 13.5. The van der Waals surface area contributed by atoms with Gasteiger partial charge in [0.05, 0.1) is 32.8 Å². The maximum Gasteiger partial charge on any atom is 0.308 e. The molecule has 1 amide bonds. The fourth-order valence-corrected chi connectivity index (χ4v) is 5.76. The zero-order chi connectivity index (χ0) is 27.1. The minimum atomic E-state index is -0.834. The van der Waals surface area contributed by atoms with E-state index in [1.165, 1.54) is 5.06 Å². The molecule has 1 fully saturated rings. The van der Waals surface area contributed by atoms with Gasteiger partial charge in [-0.1, -0.05) is 44.2 Å². The lowest BCUT2D eigenvalue weighted by Gasteiger charge is -2.29. The first-order chi connectivity index (χ1) is 18.5. The summed E-state index contributed by atoms with van der Waals surface area (Å²) in [4.78, 5) is 33.9. The Bertz CT molecular complexity index is 1110. The van der Waals surface area contributed by atoms with E-state index < -0.39 is 11.9 Å². The Kier molecular flexibility index (Phi) is 9.63. The molecule has 1 unspecified atom stereocenters. The quantitative estimate of drug-likeness (QED) is 0.391. The van der Waals surface area contributed by atoms with E-state index in [0.717, 1.165) is 47.5 Å². The number of likely N-dealkylation sites (tertiary alicyclic amines) is 1. The molecule has 2 heterocycles. The number of carboxylic acid groups (broad SMARTS) is 1. The van der Waals surface area contributed by atoms with Gasteiger partial charge in [-0.15, -0.1) is 0 Å². The van der Waals surface area contributed by atoms with Gasteiger partial charge in [0.2, 0.25) is 0 Å². The van der Waals surface area contributed by atoms with Crippen LogP contribution in [0.5, 0.6) is 11.5 Å². The molecule has 3 atom stereocenters. The number of methoxy groups -OCH3 is 1. The average molecular weight is 525 g/mol. The number of hydrogen-bond donors (Lipinski definition) is 1. The molecule has 0 saturated carbocycles. The van der Waals surface area contributed by atoms with Crippen molar-refractivity contribution in [2.24, 2.45) is 5.92 Å². The van der Waals surface area contributed by atoms with E-state index in [1.807, 2.05) is 50.2 Å². The van der Waals surface area contributed by atoms with Crippen molar-refractivity contribution in [3.8, 4) is 11.5 Å². The number of hydroxylamine groups is 2. The highest BCUT2D eigenvalue weighted by molar-refractivity contribution is 5.78. The molecule has 0 spiro atoms. The van der Waals surface area contributed by atoms with Gasteiger partial charge in [-0.25, -0.2) is 5.06 Å². The van der Waals surface area contributed by atoms with Crippen molar-refractivity contribution in [1.82, 2.24) is 9.96 Å². The van der Waals surface area contributed by atoms with Crippen molar-refractivity contribution in [3.63, 3.8) is 0 Å². The SMILES string of the molecule is CCCON(CCC)C(=O)CN1C[C@H](c2ccc3c(c2)CCO3)C(C(=O)O)[C@@H]1CCc1ccccc1OC. The van der Waals surface area contributed by atoms with Crippen molar-refractivity contribution in [2.75, 3.05) is 40.0 Å². The second kappa shape index (κ2) is 13.1. The van der Waals surface area contributed by atoms with Crippen LogP contribution < -0.4 is 9.47 Å². The summed E-state index contributed by atoms with van der Waals surface area (Å²) in [6.45, 7) is 6.26. The van der Waals surface area contributed by atoms with Crippen LogP contribution in [0, 0.1) is 5.92 Å². The van der Waals surface area contributed by atoms with Crippen molar-refractivity contribution in [3.05, 3.63) is 59.2 Å². The number of para-hydroxylation sites is 1. The number of hydrogen-bond acceptors (Lipinski definition) is 6. The zero-order valence-electron chi connectivity index (χ0n) is 22.7. The highest BCUT2D eigenvalue weighted by atomic mass is 16.7. The van der Waals surface area contributed by atoms with Gasteiger partial charge in [-0.05, 0) is 54.5 Å². The van der Waals surface area contributed by atoms with E-state index in [2.05, 4.69) is 11.0 Å². The summed E-state index contributed by atoms with van der Waals surface area (Å²) in [5.74, 6) is -0.174. The number of aryl methyl sites for hydroxylation is 1. The predicted molar refractivity (Wildman–Crippen MR) is 144 cm³/mol. The molecule has 1 N–H and O–H groups in total. The Labute approximate surface area is 225 Å². The molecule has 0 aliphatic carbocycles. The lowest BCUT2D eigenvalue weighted by Crippen LogP contribution is -2.44. The number of carbonyl (C=O) groups is 2. The summed E-state index contributed by atoms with van der Waals surface area (Å²) in [5.41, 5.74) is 3.14. The molecule has 4 rings (SSSR count). The first kappa shape index (κ1) is 27.9. The van der Waals surface area contributed by atoms with Gasteiger partial charge in [0.25, 0.3) is 5.91 Å². The highest BCUT2D eigenvalue weighted by Gasteiger charge is 2.47. The van der Waals surface area contributed by atoms with E-state index in [1.54, 1.807) is 7.11 Å². The largest absolute Gasteiger partial charge is 0.496 e. The number of carboxylic acids is 1. The summed E-state index contributed by atoms with van der Waals surface area (Å²) in [7, 11) is 1.64. The topological polar surface area (TPSA) is 88.5 Å². The third kappa shape index (κ3) is 6.30. The van der Waals surface area contributed by atoms with E-state index in [-0.39, 0.29) is 24.4 Å². The second-order valence-electron chi connectivity index (χ2n) is 10.1. The molecule has 2 aliphatic rings. The van der Waals surface area contributed by atoms with E-state index in [9.17, 15) is 14.7 Å².